The fourth-order valence-electron chi connectivity index (χ4n) is 2.99. The zero-order valence-corrected chi connectivity index (χ0v) is 11.5. The topological polar surface area (TPSA) is 50.3 Å². The van der Waals surface area contributed by atoms with Crippen LogP contribution in [0.3, 0.4) is 0 Å². The van der Waals surface area contributed by atoms with E-state index in [1.165, 1.54) is 25.9 Å². The van der Waals surface area contributed by atoms with Gasteiger partial charge < -0.3 is 15.0 Å². The Bertz CT molecular complexity index is 418. The molecule has 0 amide bonds. The second-order valence-electron chi connectivity index (χ2n) is 5.46. The summed E-state index contributed by atoms with van der Waals surface area (Å²) in [4.78, 5) is 11.3. The van der Waals surface area contributed by atoms with E-state index in [1.807, 2.05) is 6.07 Å². The number of hydrogen-bond acceptors (Lipinski definition) is 5. The molecule has 4 heterocycles. The Balaban J connectivity index is 1.63. The average molecular weight is 262 g/mol. The maximum Gasteiger partial charge on any atom is 0.226 e. The third-order valence-electron chi connectivity index (χ3n) is 4.05. The molecule has 5 nitrogen and oxygen atoms in total. The molecule has 3 aliphatic heterocycles. The van der Waals surface area contributed by atoms with Gasteiger partial charge in [-0.3, -0.25) is 0 Å². The van der Waals surface area contributed by atoms with E-state index >= 15 is 0 Å². The van der Waals surface area contributed by atoms with Crippen molar-refractivity contribution in [2.75, 3.05) is 31.6 Å². The molecule has 1 unspecified atom stereocenters. The van der Waals surface area contributed by atoms with Gasteiger partial charge in [0.25, 0.3) is 0 Å². The van der Waals surface area contributed by atoms with E-state index in [-0.39, 0.29) is 0 Å². The highest BCUT2D eigenvalue weighted by atomic mass is 16.5. The fraction of sp³-hybridized carbons (Fsp3) is 0.714. The summed E-state index contributed by atoms with van der Waals surface area (Å²) in [6, 6.07) is 2.31. The Morgan fingerprint density at radius 3 is 2.95 bits per heavy atom. The molecule has 2 bridgehead atoms. The number of hydrogen-bond donors (Lipinski definition) is 1. The van der Waals surface area contributed by atoms with Crippen molar-refractivity contribution in [1.29, 1.82) is 0 Å². The van der Waals surface area contributed by atoms with Gasteiger partial charge in [0.2, 0.25) is 11.8 Å². The highest BCUT2D eigenvalue weighted by molar-refractivity contribution is 5.30. The van der Waals surface area contributed by atoms with Crippen molar-refractivity contribution in [3.8, 4) is 5.88 Å². The molecule has 0 aromatic carbocycles. The van der Waals surface area contributed by atoms with Crippen LogP contribution in [0.4, 0.5) is 5.95 Å². The van der Waals surface area contributed by atoms with Crippen molar-refractivity contribution >= 4 is 5.95 Å². The number of anilines is 1. The zero-order valence-electron chi connectivity index (χ0n) is 11.5. The predicted molar refractivity (Wildman–Crippen MR) is 74.4 cm³/mol. The van der Waals surface area contributed by atoms with Crippen molar-refractivity contribution < 1.29 is 4.74 Å². The molecule has 3 aliphatic rings. The molecule has 4 rings (SSSR count). The second-order valence-corrected chi connectivity index (χ2v) is 5.46. The second kappa shape index (κ2) is 5.74. The highest BCUT2D eigenvalue weighted by Gasteiger charge is 2.34. The number of rotatable bonds is 5. The van der Waals surface area contributed by atoms with Gasteiger partial charge in [-0.05, 0) is 38.3 Å². The molecular formula is C14H22N4O. The van der Waals surface area contributed by atoms with Crippen molar-refractivity contribution in [2.45, 2.75) is 32.2 Å². The Hall–Kier alpha value is -1.36. The standard InChI is InChI=1S/C14H22N4O/c1-2-9-19-13-3-6-15-14(17-13)16-12-10-18-7-4-11(12)5-8-18/h3,6,11-12H,2,4-5,7-10H2,1H3,(H,15,16,17). The SMILES string of the molecule is CCCOc1ccnc(NC2CN3CCC2CC3)n1. The van der Waals surface area contributed by atoms with Crippen molar-refractivity contribution in [1.82, 2.24) is 14.9 Å². The van der Waals surface area contributed by atoms with Gasteiger partial charge >= 0.3 is 0 Å². The molecule has 0 saturated carbocycles. The Morgan fingerprint density at radius 1 is 1.42 bits per heavy atom. The van der Waals surface area contributed by atoms with E-state index in [2.05, 4.69) is 27.1 Å². The molecule has 0 spiro atoms. The predicted octanol–water partition coefficient (Wildman–Crippen LogP) is 1.77. The Kier molecular flexibility index (Phi) is 3.82. The van der Waals surface area contributed by atoms with Crippen LogP contribution in [0.1, 0.15) is 26.2 Å². The van der Waals surface area contributed by atoms with Gasteiger partial charge in [0, 0.05) is 24.8 Å². The van der Waals surface area contributed by atoms with E-state index in [1.54, 1.807) is 6.20 Å². The van der Waals surface area contributed by atoms with Crippen LogP contribution in [0, 0.1) is 5.92 Å². The summed E-state index contributed by atoms with van der Waals surface area (Å²) in [7, 11) is 0. The van der Waals surface area contributed by atoms with E-state index < -0.39 is 0 Å². The number of aromatic nitrogens is 2. The lowest BCUT2D eigenvalue weighted by molar-refractivity contribution is 0.0972. The largest absolute Gasteiger partial charge is 0.478 e. The van der Waals surface area contributed by atoms with Crippen LogP contribution in [-0.4, -0.2) is 47.2 Å². The highest BCUT2D eigenvalue weighted by Crippen LogP contribution is 2.29. The summed E-state index contributed by atoms with van der Waals surface area (Å²) in [5.74, 6) is 2.14. The number of nitrogens with zero attached hydrogens (tertiary/aromatic N) is 3. The molecule has 3 fully saturated rings. The molecule has 0 aliphatic carbocycles. The first kappa shape index (κ1) is 12.7. The molecule has 1 atom stereocenters. The van der Waals surface area contributed by atoms with Gasteiger partial charge in [0.15, 0.2) is 0 Å². The number of piperidine rings is 3. The van der Waals surface area contributed by atoms with Crippen LogP contribution in [0.15, 0.2) is 12.3 Å². The number of nitrogens with one attached hydrogen (secondary N) is 1. The van der Waals surface area contributed by atoms with Crippen molar-refractivity contribution in [3.05, 3.63) is 12.3 Å². The molecule has 1 aromatic rings. The maximum absolute atomic E-state index is 5.55. The molecule has 3 saturated heterocycles. The van der Waals surface area contributed by atoms with E-state index in [4.69, 9.17) is 4.74 Å². The average Bonchev–Trinajstić information content (AvgIpc) is 2.47. The van der Waals surface area contributed by atoms with Gasteiger partial charge in [0.1, 0.15) is 0 Å². The van der Waals surface area contributed by atoms with Crippen LogP contribution in [-0.2, 0) is 0 Å². The Morgan fingerprint density at radius 2 is 2.26 bits per heavy atom. The minimum atomic E-state index is 0.490. The summed E-state index contributed by atoms with van der Waals surface area (Å²) in [5.41, 5.74) is 0. The van der Waals surface area contributed by atoms with E-state index in [0.717, 1.165) is 18.9 Å². The third kappa shape index (κ3) is 2.97. The lowest BCUT2D eigenvalue weighted by Crippen LogP contribution is -2.53. The summed E-state index contributed by atoms with van der Waals surface area (Å²) in [6.45, 7) is 6.42. The first-order valence-corrected chi connectivity index (χ1v) is 7.30. The lowest BCUT2D eigenvalue weighted by Gasteiger charge is -2.44. The quantitative estimate of drug-likeness (QED) is 0.876. The lowest BCUT2D eigenvalue weighted by atomic mass is 9.84. The zero-order chi connectivity index (χ0) is 13.1. The van der Waals surface area contributed by atoms with Gasteiger partial charge in [0.05, 0.1) is 6.61 Å². The normalized spacial score (nSPS) is 29.2. The molecule has 1 N–H and O–H groups in total. The van der Waals surface area contributed by atoms with Crippen molar-refractivity contribution in [2.24, 2.45) is 5.92 Å². The summed E-state index contributed by atoms with van der Waals surface area (Å²) < 4.78 is 5.55. The van der Waals surface area contributed by atoms with Gasteiger partial charge in [-0.1, -0.05) is 6.92 Å². The van der Waals surface area contributed by atoms with Gasteiger partial charge in [-0.15, -0.1) is 0 Å². The molecule has 5 heteroatoms. The first-order valence-electron chi connectivity index (χ1n) is 7.30. The van der Waals surface area contributed by atoms with E-state index in [0.29, 0.717) is 24.5 Å². The smallest absolute Gasteiger partial charge is 0.226 e. The molecule has 104 valence electrons. The first-order chi connectivity index (χ1) is 9.35. The summed E-state index contributed by atoms with van der Waals surface area (Å²) >= 11 is 0. The van der Waals surface area contributed by atoms with E-state index in [9.17, 15) is 0 Å². The van der Waals surface area contributed by atoms with Crippen LogP contribution < -0.4 is 10.1 Å². The fourth-order valence-corrected chi connectivity index (χ4v) is 2.99. The Labute approximate surface area is 114 Å². The number of ether oxygens (including phenoxy) is 1. The van der Waals surface area contributed by atoms with Crippen LogP contribution in [0.25, 0.3) is 0 Å². The minimum Gasteiger partial charge on any atom is -0.478 e. The maximum atomic E-state index is 5.55. The third-order valence-corrected chi connectivity index (χ3v) is 4.05. The number of fused-ring (bicyclic) bond motifs is 3. The molecular weight excluding hydrogens is 240 g/mol. The minimum absolute atomic E-state index is 0.490. The van der Waals surface area contributed by atoms with Crippen LogP contribution in [0.2, 0.25) is 0 Å². The monoisotopic (exact) mass is 262 g/mol. The summed E-state index contributed by atoms with van der Waals surface area (Å²) in [6.07, 6.45) is 5.35. The van der Waals surface area contributed by atoms with Crippen LogP contribution in [0.5, 0.6) is 5.88 Å². The van der Waals surface area contributed by atoms with Gasteiger partial charge in [-0.2, -0.15) is 4.98 Å². The molecule has 1 aromatic heterocycles. The van der Waals surface area contributed by atoms with Crippen molar-refractivity contribution in [3.63, 3.8) is 0 Å². The molecule has 19 heavy (non-hydrogen) atoms. The molecule has 0 radical (unpaired) electrons. The van der Waals surface area contributed by atoms with Gasteiger partial charge in [-0.25, -0.2) is 4.98 Å². The summed E-state index contributed by atoms with van der Waals surface area (Å²) in [5, 5.41) is 3.49. The van der Waals surface area contributed by atoms with Crippen LogP contribution >= 0.6 is 0 Å².